The summed E-state index contributed by atoms with van der Waals surface area (Å²) in [4.78, 5) is 11.5. The van der Waals surface area contributed by atoms with Gasteiger partial charge in [-0.05, 0) is 85.5 Å². The molecule has 1 aliphatic heterocycles. The van der Waals surface area contributed by atoms with Crippen LogP contribution < -0.4 is 0 Å². The van der Waals surface area contributed by atoms with E-state index in [0.717, 1.165) is 43.4 Å². The molecule has 3 nitrogen and oxygen atoms in total. The normalized spacial score (nSPS) is 47.6. The lowest BCUT2D eigenvalue weighted by molar-refractivity contribution is -0.152. The molecule has 5 rings (SSSR count). The fourth-order valence-electron chi connectivity index (χ4n) is 9.28. The summed E-state index contributed by atoms with van der Waals surface area (Å²) in [6.45, 7) is 13.9. The Bertz CT molecular complexity index is 785. The summed E-state index contributed by atoms with van der Waals surface area (Å²) < 4.78 is 12.5. The van der Waals surface area contributed by atoms with E-state index in [1.165, 1.54) is 38.5 Å². The molecule has 5 aliphatic rings. The van der Waals surface area contributed by atoms with Crippen LogP contribution in [-0.4, -0.2) is 23.8 Å². The van der Waals surface area contributed by atoms with Crippen molar-refractivity contribution < 1.29 is 14.3 Å². The Morgan fingerprint density at radius 3 is 2.69 bits per heavy atom. The number of ether oxygens (including phenoxy) is 2. The Balaban J connectivity index is 1.35. The van der Waals surface area contributed by atoms with E-state index in [-0.39, 0.29) is 23.1 Å². The molecule has 0 radical (unpaired) electrons. The largest absolute Gasteiger partial charge is 0.463 e. The lowest BCUT2D eigenvalue weighted by atomic mass is 9.47. The minimum atomic E-state index is -0.128. The van der Waals surface area contributed by atoms with E-state index in [1.807, 2.05) is 0 Å². The number of carbonyl (C=O) groups excluding carboxylic acids is 1. The lowest BCUT2D eigenvalue weighted by Gasteiger charge is -2.56. The maximum Gasteiger partial charge on any atom is 0.302 e. The first-order valence-electron chi connectivity index (χ1n) is 13.7. The van der Waals surface area contributed by atoms with Crippen molar-refractivity contribution in [3.8, 4) is 0 Å². The van der Waals surface area contributed by atoms with Crippen molar-refractivity contribution in [1.82, 2.24) is 0 Å². The Morgan fingerprint density at radius 1 is 1.19 bits per heavy atom. The Labute approximate surface area is 196 Å². The number of hydrogen-bond acceptors (Lipinski definition) is 3. The second kappa shape index (κ2) is 7.85. The summed E-state index contributed by atoms with van der Waals surface area (Å²) in [6, 6.07) is 0. The third-order valence-electron chi connectivity index (χ3n) is 10.9. The van der Waals surface area contributed by atoms with Gasteiger partial charge >= 0.3 is 5.97 Å². The maximum atomic E-state index is 11.5. The molecule has 1 spiro atoms. The highest BCUT2D eigenvalue weighted by Crippen LogP contribution is 2.75. The zero-order valence-electron chi connectivity index (χ0n) is 21.4. The highest BCUT2D eigenvalue weighted by atomic mass is 16.6. The second-order valence-electron chi connectivity index (χ2n) is 13.1. The summed E-state index contributed by atoms with van der Waals surface area (Å²) >= 11 is 0. The van der Waals surface area contributed by atoms with Crippen LogP contribution in [0.15, 0.2) is 11.6 Å². The van der Waals surface area contributed by atoms with E-state index in [4.69, 9.17) is 9.47 Å². The van der Waals surface area contributed by atoms with Crippen LogP contribution in [-0.2, 0) is 14.3 Å². The van der Waals surface area contributed by atoms with E-state index in [1.54, 1.807) is 12.5 Å². The molecule has 180 valence electrons. The monoisotopic (exact) mass is 442 g/mol. The van der Waals surface area contributed by atoms with Crippen molar-refractivity contribution in [3.05, 3.63) is 11.6 Å². The quantitative estimate of drug-likeness (QED) is 0.250. The molecule has 4 fully saturated rings. The van der Waals surface area contributed by atoms with Gasteiger partial charge in [0.1, 0.15) is 11.7 Å². The van der Waals surface area contributed by atoms with E-state index < -0.39 is 0 Å². The highest BCUT2D eigenvalue weighted by molar-refractivity contribution is 5.66. The van der Waals surface area contributed by atoms with Crippen LogP contribution in [0.25, 0.3) is 0 Å². The van der Waals surface area contributed by atoms with Crippen molar-refractivity contribution in [2.24, 2.45) is 40.4 Å². The van der Waals surface area contributed by atoms with E-state index >= 15 is 0 Å². The third-order valence-corrected chi connectivity index (χ3v) is 10.9. The summed E-state index contributed by atoms with van der Waals surface area (Å²) in [5.74, 6) is 3.64. The molecule has 0 amide bonds. The SMILES string of the molecule is CC(=O)O[C@H]1CC[C@@]2(C)C(CC=C3[C@@H]4CC[C@H]([C@H](C)CCCC(C)C)[C@@]4(C)C[C@H]4O[C@@]342)C1. The van der Waals surface area contributed by atoms with Crippen LogP contribution in [0, 0.1) is 40.4 Å². The molecule has 0 aromatic heterocycles. The van der Waals surface area contributed by atoms with Gasteiger partial charge in [0, 0.05) is 12.3 Å². The molecule has 0 aromatic carbocycles. The van der Waals surface area contributed by atoms with Gasteiger partial charge < -0.3 is 9.47 Å². The lowest BCUT2D eigenvalue weighted by Crippen LogP contribution is -2.56. The Hall–Kier alpha value is -0.830. The van der Waals surface area contributed by atoms with Gasteiger partial charge in [-0.1, -0.05) is 60.0 Å². The molecular formula is C29H46O3. The number of allylic oxidation sites excluding steroid dienone is 1. The van der Waals surface area contributed by atoms with Crippen LogP contribution in [0.3, 0.4) is 0 Å². The molecule has 1 unspecified atom stereocenters. The van der Waals surface area contributed by atoms with Gasteiger partial charge in [-0.15, -0.1) is 0 Å². The van der Waals surface area contributed by atoms with Gasteiger partial charge in [0.2, 0.25) is 0 Å². The Morgan fingerprint density at radius 2 is 1.97 bits per heavy atom. The Kier molecular flexibility index (Phi) is 5.63. The van der Waals surface area contributed by atoms with Crippen molar-refractivity contribution in [3.63, 3.8) is 0 Å². The summed E-state index contributed by atoms with van der Waals surface area (Å²) in [5, 5.41) is 0. The average Bonchev–Trinajstić information content (AvgIpc) is 3.32. The highest BCUT2D eigenvalue weighted by Gasteiger charge is 2.77. The fraction of sp³-hybridized carbons (Fsp3) is 0.897. The average molecular weight is 443 g/mol. The number of hydrogen-bond donors (Lipinski definition) is 0. The molecular weight excluding hydrogens is 396 g/mol. The van der Waals surface area contributed by atoms with Gasteiger partial charge in [0.05, 0.1) is 6.10 Å². The molecule has 0 N–H and O–H groups in total. The molecule has 1 saturated heterocycles. The minimum absolute atomic E-state index is 0.00292. The smallest absolute Gasteiger partial charge is 0.302 e. The first-order valence-corrected chi connectivity index (χ1v) is 13.7. The van der Waals surface area contributed by atoms with Crippen LogP contribution >= 0.6 is 0 Å². The standard InChI is InChI=1S/C29H46O3/c1-18(2)8-7-9-19(3)23-12-13-24-25-11-10-21-16-22(31-20(4)30)14-15-28(21,6)29(25)26(32-29)17-27(23,24)5/h11,18-19,21-24,26H,7-10,12-17H2,1-6H3/t19-,21?,22+,23-,24+,26-,27-,28+,29+/m1/s1. The predicted molar refractivity (Wildman–Crippen MR) is 128 cm³/mol. The van der Waals surface area contributed by atoms with Gasteiger partial charge in [-0.2, -0.15) is 0 Å². The molecule has 0 aromatic rings. The van der Waals surface area contributed by atoms with Crippen molar-refractivity contribution in [2.45, 2.75) is 124 Å². The van der Waals surface area contributed by atoms with Crippen molar-refractivity contribution in [1.29, 1.82) is 0 Å². The molecule has 32 heavy (non-hydrogen) atoms. The molecule has 1 heterocycles. The van der Waals surface area contributed by atoms with E-state index in [0.29, 0.717) is 23.4 Å². The predicted octanol–water partition coefficient (Wildman–Crippen LogP) is 7.09. The number of epoxide rings is 1. The first-order chi connectivity index (χ1) is 15.1. The summed E-state index contributed by atoms with van der Waals surface area (Å²) in [6.07, 6.45) is 15.5. The zero-order valence-corrected chi connectivity index (χ0v) is 21.4. The number of esters is 1. The van der Waals surface area contributed by atoms with E-state index in [2.05, 4.69) is 40.7 Å². The number of carbonyl (C=O) groups is 1. The first kappa shape index (κ1) is 22.9. The van der Waals surface area contributed by atoms with Gasteiger partial charge in [0.25, 0.3) is 0 Å². The van der Waals surface area contributed by atoms with Gasteiger partial charge in [-0.25, -0.2) is 0 Å². The summed E-state index contributed by atoms with van der Waals surface area (Å²) in [5.41, 5.74) is 2.31. The van der Waals surface area contributed by atoms with Crippen LogP contribution in [0.2, 0.25) is 0 Å². The molecule has 3 heteroatoms. The molecule has 4 aliphatic carbocycles. The van der Waals surface area contributed by atoms with Crippen LogP contribution in [0.4, 0.5) is 0 Å². The number of fused-ring (bicyclic) bond motifs is 3. The second-order valence-corrected chi connectivity index (χ2v) is 13.1. The molecule has 9 atom stereocenters. The van der Waals surface area contributed by atoms with Crippen molar-refractivity contribution >= 4 is 5.97 Å². The molecule has 0 bridgehead atoms. The van der Waals surface area contributed by atoms with Crippen LogP contribution in [0.1, 0.15) is 106 Å². The van der Waals surface area contributed by atoms with Gasteiger partial charge in [-0.3, -0.25) is 4.79 Å². The summed E-state index contributed by atoms with van der Waals surface area (Å²) in [7, 11) is 0. The van der Waals surface area contributed by atoms with Crippen LogP contribution in [0.5, 0.6) is 0 Å². The fourth-order valence-corrected chi connectivity index (χ4v) is 9.28. The molecule has 3 saturated carbocycles. The van der Waals surface area contributed by atoms with E-state index in [9.17, 15) is 4.79 Å². The number of rotatable bonds is 6. The maximum absolute atomic E-state index is 11.5. The zero-order chi connectivity index (χ0) is 22.9. The minimum Gasteiger partial charge on any atom is -0.463 e. The van der Waals surface area contributed by atoms with Crippen molar-refractivity contribution in [2.75, 3.05) is 0 Å². The van der Waals surface area contributed by atoms with Gasteiger partial charge in [0.15, 0.2) is 0 Å². The third kappa shape index (κ3) is 3.27. The topological polar surface area (TPSA) is 38.8 Å².